The normalized spacial score (nSPS) is 12.9. The minimum absolute atomic E-state index is 0.198. The lowest BCUT2D eigenvalue weighted by atomic mass is 10.2. The Kier molecular flexibility index (Phi) is 3.23. The molecule has 1 unspecified atom stereocenters. The Labute approximate surface area is 93.9 Å². The molecule has 2 nitrogen and oxygen atoms in total. The predicted octanol–water partition coefficient (Wildman–Crippen LogP) is 3.35. The first kappa shape index (κ1) is 10.5. The number of aryl methyl sites for hydroxylation is 1. The number of hydrogen-bond donors (Lipinski definition) is 1. The summed E-state index contributed by atoms with van der Waals surface area (Å²) in [6.45, 7) is 5.16. The standard InChI is InChI=1S/C12H15NOS/c1-3-13-12(10-5-4-8-14-10)11-7-6-9(2)15-11/h4-8,12-13H,3H2,1-2H3. The van der Waals surface area contributed by atoms with Crippen LogP contribution in [0.1, 0.15) is 28.5 Å². The van der Waals surface area contributed by atoms with Gasteiger partial charge in [-0.05, 0) is 37.7 Å². The molecule has 3 heteroatoms. The molecule has 2 rings (SSSR count). The first-order valence-electron chi connectivity index (χ1n) is 5.14. The van der Waals surface area contributed by atoms with Crippen LogP contribution in [0.2, 0.25) is 0 Å². The van der Waals surface area contributed by atoms with E-state index in [9.17, 15) is 0 Å². The zero-order chi connectivity index (χ0) is 10.7. The molecule has 2 aromatic rings. The second-order valence-corrected chi connectivity index (χ2v) is 4.77. The van der Waals surface area contributed by atoms with Gasteiger partial charge in [-0.1, -0.05) is 6.92 Å². The van der Waals surface area contributed by atoms with Crippen molar-refractivity contribution in [1.82, 2.24) is 5.32 Å². The van der Waals surface area contributed by atoms with Gasteiger partial charge in [0, 0.05) is 9.75 Å². The molecule has 0 radical (unpaired) electrons. The van der Waals surface area contributed by atoms with E-state index in [0.717, 1.165) is 12.3 Å². The second kappa shape index (κ2) is 4.64. The van der Waals surface area contributed by atoms with E-state index in [4.69, 9.17) is 4.42 Å². The summed E-state index contributed by atoms with van der Waals surface area (Å²) in [5.41, 5.74) is 0. The third-order valence-corrected chi connectivity index (χ3v) is 3.35. The first-order chi connectivity index (χ1) is 7.31. The Balaban J connectivity index is 2.27. The molecule has 0 bridgehead atoms. The van der Waals surface area contributed by atoms with Crippen molar-refractivity contribution >= 4 is 11.3 Å². The summed E-state index contributed by atoms with van der Waals surface area (Å²) in [5, 5.41) is 3.43. The van der Waals surface area contributed by atoms with Crippen LogP contribution in [0.15, 0.2) is 34.9 Å². The van der Waals surface area contributed by atoms with Crippen LogP contribution >= 0.6 is 11.3 Å². The quantitative estimate of drug-likeness (QED) is 0.856. The number of nitrogens with one attached hydrogen (secondary N) is 1. The highest BCUT2D eigenvalue weighted by atomic mass is 32.1. The molecule has 2 aromatic heterocycles. The monoisotopic (exact) mass is 221 g/mol. The van der Waals surface area contributed by atoms with Crippen molar-refractivity contribution in [2.75, 3.05) is 6.54 Å². The van der Waals surface area contributed by atoms with Crippen LogP contribution in [-0.2, 0) is 0 Å². The van der Waals surface area contributed by atoms with Gasteiger partial charge in [-0.25, -0.2) is 0 Å². The Morgan fingerprint density at radius 2 is 2.27 bits per heavy atom. The summed E-state index contributed by atoms with van der Waals surface area (Å²) in [5.74, 6) is 0.985. The van der Waals surface area contributed by atoms with Gasteiger partial charge in [-0.3, -0.25) is 0 Å². The van der Waals surface area contributed by atoms with Gasteiger partial charge in [-0.2, -0.15) is 0 Å². The molecular weight excluding hydrogens is 206 g/mol. The number of furan rings is 1. The predicted molar refractivity (Wildman–Crippen MR) is 63.3 cm³/mol. The lowest BCUT2D eigenvalue weighted by Gasteiger charge is -2.13. The van der Waals surface area contributed by atoms with Gasteiger partial charge in [0.25, 0.3) is 0 Å². The molecule has 0 aliphatic rings. The minimum Gasteiger partial charge on any atom is -0.467 e. The van der Waals surface area contributed by atoms with Crippen LogP contribution < -0.4 is 5.32 Å². The van der Waals surface area contributed by atoms with Crippen molar-refractivity contribution in [3.8, 4) is 0 Å². The fraction of sp³-hybridized carbons (Fsp3) is 0.333. The number of hydrogen-bond acceptors (Lipinski definition) is 3. The maximum Gasteiger partial charge on any atom is 0.126 e. The molecular formula is C12H15NOS. The van der Waals surface area contributed by atoms with Gasteiger partial charge in [0.15, 0.2) is 0 Å². The summed E-state index contributed by atoms with van der Waals surface area (Å²) in [4.78, 5) is 2.64. The summed E-state index contributed by atoms with van der Waals surface area (Å²) in [6.07, 6.45) is 1.72. The lowest BCUT2D eigenvalue weighted by molar-refractivity contribution is 0.455. The highest BCUT2D eigenvalue weighted by Crippen LogP contribution is 2.28. The van der Waals surface area contributed by atoms with Gasteiger partial charge >= 0.3 is 0 Å². The van der Waals surface area contributed by atoms with Gasteiger partial charge < -0.3 is 9.73 Å². The summed E-state index contributed by atoms with van der Waals surface area (Å²) >= 11 is 1.81. The maximum atomic E-state index is 5.46. The zero-order valence-corrected chi connectivity index (χ0v) is 9.80. The number of rotatable bonds is 4. The summed E-state index contributed by atoms with van der Waals surface area (Å²) in [7, 11) is 0. The highest BCUT2D eigenvalue weighted by molar-refractivity contribution is 7.12. The first-order valence-corrected chi connectivity index (χ1v) is 5.96. The van der Waals surface area contributed by atoms with E-state index in [2.05, 4.69) is 31.3 Å². The molecule has 2 heterocycles. The average molecular weight is 221 g/mol. The van der Waals surface area contributed by atoms with E-state index in [-0.39, 0.29) is 6.04 Å². The molecule has 0 spiro atoms. The SMILES string of the molecule is CCNC(c1ccco1)c1ccc(C)s1. The molecule has 0 amide bonds. The van der Waals surface area contributed by atoms with Crippen molar-refractivity contribution in [3.63, 3.8) is 0 Å². The zero-order valence-electron chi connectivity index (χ0n) is 8.99. The van der Waals surface area contributed by atoms with E-state index < -0.39 is 0 Å². The summed E-state index contributed by atoms with van der Waals surface area (Å²) in [6, 6.07) is 8.45. The topological polar surface area (TPSA) is 25.2 Å². The molecule has 0 fully saturated rings. The Morgan fingerprint density at radius 3 is 2.80 bits per heavy atom. The van der Waals surface area contributed by atoms with Gasteiger partial charge in [0.05, 0.1) is 6.26 Å². The van der Waals surface area contributed by atoms with Crippen LogP contribution in [-0.4, -0.2) is 6.54 Å². The van der Waals surface area contributed by atoms with Crippen molar-refractivity contribution in [2.24, 2.45) is 0 Å². The third kappa shape index (κ3) is 2.30. The molecule has 1 atom stereocenters. The molecule has 0 saturated carbocycles. The molecule has 1 N–H and O–H groups in total. The van der Waals surface area contributed by atoms with Crippen LogP contribution in [0, 0.1) is 6.92 Å². The van der Waals surface area contributed by atoms with E-state index in [1.54, 1.807) is 6.26 Å². The minimum atomic E-state index is 0.198. The Hall–Kier alpha value is -1.06. The molecule has 0 aliphatic carbocycles. The van der Waals surface area contributed by atoms with Crippen LogP contribution in [0.25, 0.3) is 0 Å². The maximum absolute atomic E-state index is 5.46. The highest BCUT2D eigenvalue weighted by Gasteiger charge is 2.16. The van der Waals surface area contributed by atoms with Crippen molar-refractivity contribution < 1.29 is 4.42 Å². The lowest BCUT2D eigenvalue weighted by Crippen LogP contribution is -2.20. The average Bonchev–Trinajstić information content (AvgIpc) is 2.85. The molecule has 0 aromatic carbocycles. The van der Waals surface area contributed by atoms with Gasteiger partial charge in [-0.15, -0.1) is 11.3 Å². The Bertz CT molecular complexity index is 405. The van der Waals surface area contributed by atoms with Crippen molar-refractivity contribution in [2.45, 2.75) is 19.9 Å². The molecule has 15 heavy (non-hydrogen) atoms. The van der Waals surface area contributed by atoms with Crippen LogP contribution in [0.3, 0.4) is 0 Å². The number of thiophene rings is 1. The summed E-state index contributed by atoms with van der Waals surface area (Å²) < 4.78 is 5.46. The van der Waals surface area contributed by atoms with E-state index in [1.807, 2.05) is 23.5 Å². The molecule has 0 aliphatic heterocycles. The smallest absolute Gasteiger partial charge is 0.126 e. The van der Waals surface area contributed by atoms with E-state index in [1.165, 1.54) is 9.75 Å². The molecule has 0 saturated heterocycles. The third-order valence-electron chi connectivity index (χ3n) is 2.28. The van der Waals surface area contributed by atoms with E-state index in [0.29, 0.717) is 0 Å². The van der Waals surface area contributed by atoms with Gasteiger partial charge in [0.2, 0.25) is 0 Å². The van der Waals surface area contributed by atoms with Gasteiger partial charge in [0.1, 0.15) is 11.8 Å². The van der Waals surface area contributed by atoms with Crippen LogP contribution in [0.5, 0.6) is 0 Å². The fourth-order valence-electron chi connectivity index (χ4n) is 1.61. The fourth-order valence-corrected chi connectivity index (χ4v) is 2.57. The molecule has 80 valence electrons. The van der Waals surface area contributed by atoms with Crippen LogP contribution in [0.4, 0.5) is 0 Å². The van der Waals surface area contributed by atoms with Crippen molar-refractivity contribution in [1.29, 1.82) is 0 Å². The Morgan fingerprint density at radius 1 is 1.40 bits per heavy atom. The van der Waals surface area contributed by atoms with E-state index >= 15 is 0 Å². The van der Waals surface area contributed by atoms with Crippen molar-refractivity contribution in [3.05, 3.63) is 46.0 Å². The largest absolute Gasteiger partial charge is 0.467 e. The second-order valence-electron chi connectivity index (χ2n) is 3.45.